The maximum absolute atomic E-state index is 6.61. The van der Waals surface area contributed by atoms with Crippen molar-refractivity contribution in [3.05, 3.63) is 200 Å². The topological polar surface area (TPSA) is 16.4 Å². The maximum atomic E-state index is 6.61. The van der Waals surface area contributed by atoms with Crippen LogP contribution in [0.1, 0.15) is 0 Å². The van der Waals surface area contributed by atoms with Crippen molar-refractivity contribution in [3.63, 3.8) is 0 Å². The first-order chi connectivity index (χ1) is 27.3. The third-order valence-electron chi connectivity index (χ3n) is 10.9. The summed E-state index contributed by atoms with van der Waals surface area (Å²) < 4.78 is 9.25. The SMILES string of the molecule is c1ccc(-c2ccccc2N(c2ccc(-c3cccc4c3oc3cc5ccccc5cc34)cc2)c2ccc(-c3cccc4c3sc3ccccc34)cc2)cc1. The van der Waals surface area contributed by atoms with Gasteiger partial charge in [-0.05, 0) is 81.6 Å². The van der Waals surface area contributed by atoms with Crippen molar-refractivity contribution in [2.45, 2.75) is 0 Å². The van der Waals surface area contributed by atoms with Crippen LogP contribution in [-0.4, -0.2) is 0 Å². The number of anilines is 3. The third-order valence-corrected chi connectivity index (χ3v) is 12.1. The van der Waals surface area contributed by atoms with Gasteiger partial charge in [-0.2, -0.15) is 0 Å². The third kappa shape index (κ3) is 5.32. The van der Waals surface area contributed by atoms with Crippen molar-refractivity contribution in [2.24, 2.45) is 0 Å². The molecule has 0 aliphatic heterocycles. The van der Waals surface area contributed by atoms with Crippen LogP contribution >= 0.6 is 11.3 Å². The number of hydrogen-bond acceptors (Lipinski definition) is 3. The summed E-state index contributed by atoms with van der Waals surface area (Å²) in [5.74, 6) is 0. The van der Waals surface area contributed by atoms with Crippen LogP contribution in [0, 0.1) is 0 Å². The standard InChI is InChI=1S/C52H33NOS/c1-2-12-34(13-3-1)41-16-6-8-22-48(41)53(40-30-26-36(27-31-40)43-19-11-21-46-44-17-7-9-23-50(44)55-52(43)46)39-28-24-35(25-29-39)42-18-10-20-45-47-32-37-14-4-5-15-38(37)33-49(47)54-51(42)45/h1-33H. The first-order valence-corrected chi connectivity index (χ1v) is 19.5. The highest BCUT2D eigenvalue weighted by Crippen LogP contribution is 2.44. The number of nitrogens with zero attached hydrogens (tertiary/aromatic N) is 1. The monoisotopic (exact) mass is 719 g/mol. The molecule has 0 saturated heterocycles. The molecule has 11 aromatic rings. The summed E-state index contributed by atoms with van der Waals surface area (Å²) in [5.41, 5.74) is 12.1. The summed E-state index contributed by atoms with van der Waals surface area (Å²) in [6, 6.07) is 72.1. The second-order valence-electron chi connectivity index (χ2n) is 14.1. The van der Waals surface area contributed by atoms with Crippen molar-refractivity contribution < 1.29 is 4.42 Å². The molecule has 9 aromatic carbocycles. The number of para-hydroxylation sites is 2. The molecule has 0 spiro atoms. The van der Waals surface area contributed by atoms with E-state index in [0.717, 1.165) is 50.1 Å². The predicted molar refractivity (Wildman–Crippen MR) is 235 cm³/mol. The first kappa shape index (κ1) is 31.6. The molecule has 3 heteroatoms. The summed E-state index contributed by atoms with van der Waals surface area (Å²) >= 11 is 1.87. The number of furan rings is 1. The molecular formula is C52H33NOS. The molecule has 0 bridgehead atoms. The lowest BCUT2D eigenvalue weighted by Gasteiger charge is -2.28. The Kier molecular flexibility index (Phi) is 7.39. The Labute approximate surface area is 322 Å². The summed E-state index contributed by atoms with van der Waals surface area (Å²) in [5, 5.41) is 7.30. The van der Waals surface area contributed by atoms with E-state index in [0.29, 0.717) is 0 Å². The zero-order valence-corrected chi connectivity index (χ0v) is 30.6. The predicted octanol–water partition coefficient (Wildman–Crippen LogP) is 15.6. The average molecular weight is 720 g/mol. The van der Waals surface area contributed by atoms with E-state index in [1.54, 1.807) is 0 Å². The molecule has 0 fully saturated rings. The fourth-order valence-corrected chi connectivity index (χ4v) is 9.46. The van der Waals surface area contributed by atoms with E-state index in [9.17, 15) is 0 Å². The van der Waals surface area contributed by atoms with Gasteiger partial charge < -0.3 is 9.32 Å². The van der Waals surface area contributed by atoms with E-state index in [4.69, 9.17) is 4.42 Å². The van der Waals surface area contributed by atoms with E-state index < -0.39 is 0 Å². The van der Waals surface area contributed by atoms with Crippen LogP contribution in [0.3, 0.4) is 0 Å². The Hall–Kier alpha value is -6.94. The van der Waals surface area contributed by atoms with Gasteiger partial charge in [0.25, 0.3) is 0 Å². The summed E-state index contributed by atoms with van der Waals surface area (Å²) in [4.78, 5) is 2.38. The van der Waals surface area contributed by atoms with Gasteiger partial charge >= 0.3 is 0 Å². The van der Waals surface area contributed by atoms with Crippen LogP contribution in [0.4, 0.5) is 17.1 Å². The molecule has 0 radical (unpaired) electrons. The Morgan fingerprint density at radius 2 is 0.945 bits per heavy atom. The van der Waals surface area contributed by atoms with Crippen molar-refractivity contribution in [1.82, 2.24) is 0 Å². The van der Waals surface area contributed by atoms with Crippen molar-refractivity contribution >= 4 is 81.3 Å². The minimum absolute atomic E-state index is 0.911. The van der Waals surface area contributed by atoms with E-state index in [-0.39, 0.29) is 0 Å². The fourth-order valence-electron chi connectivity index (χ4n) is 8.22. The van der Waals surface area contributed by atoms with Gasteiger partial charge in [0.2, 0.25) is 0 Å². The lowest BCUT2D eigenvalue weighted by atomic mass is 9.99. The summed E-state index contributed by atoms with van der Waals surface area (Å²) in [6.45, 7) is 0. The van der Waals surface area contributed by atoms with Gasteiger partial charge in [0, 0.05) is 53.4 Å². The lowest BCUT2D eigenvalue weighted by molar-refractivity contribution is 0.670. The smallest absolute Gasteiger partial charge is 0.143 e. The van der Waals surface area contributed by atoms with Crippen LogP contribution in [0.5, 0.6) is 0 Å². The van der Waals surface area contributed by atoms with Gasteiger partial charge in [0.15, 0.2) is 0 Å². The number of hydrogen-bond donors (Lipinski definition) is 0. The van der Waals surface area contributed by atoms with Gasteiger partial charge in [0.1, 0.15) is 11.2 Å². The van der Waals surface area contributed by atoms with Gasteiger partial charge in [-0.3, -0.25) is 0 Å². The first-order valence-electron chi connectivity index (χ1n) is 18.7. The molecule has 0 atom stereocenters. The van der Waals surface area contributed by atoms with E-state index in [2.05, 4.69) is 205 Å². The fraction of sp³-hybridized carbons (Fsp3) is 0. The average Bonchev–Trinajstić information content (AvgIpc) is 3.82. The molecule has 0 aliphatic rings. The van der Waals surface area contributed by atoms with E-state index >= 15 is 0 Å². The summed E-state index contributed by atoms with van der Waals surface area (Å²) in [6.07, 6.45) is 0. The molecule has 0 unspecified atom stereocenters. The molecule has 2 aromatic heterocycles. The van der Waals surface area contributed by atoms with Crippen molar-refractivity contribution in [1.29, 1.82) is 0 Å². The molecule has 11 rings (SSSR count). The van der Waals surface area contributed by atoms with Gasteiger partial charge in [-0.1, -0.05) is 152 Å². The van der Waals surface area contributed by atoms with Crippen LogP contribution in [0.25, 0.3) is 86.3 Å². The van der Waals surface area contributed by atoms with Crippen molar-refractivity contribution in [3.8, 4) is 33.4 Å². The Bertz CT molecular complexity index is 3190. The Balaban J connectivity index is 1.03. The molecule has 2 heterocycles. The van der Waals surface area contributed by atoms with E-state index in [1.165, 1.54) is 53.2 Å². The zero-order valence-electron chi connectivity index (χ0n) is 29.8. The van der Waals surface area contributed by atoms with Crippen LogP contribution in [0.2, 0.25) is 0 Å². The van der Waals surface area contributed by atoms with Crippen LogP contribution in [0.15, 0.2) is 205 Å². The minimum atomic E-state index is 0.911. The molecule has 0 N–H and O–H groups in total. The number of benzene rings is 9. The number of thiophene rings is 1. The highest BCUT2D eigenvalue weighted by Gasteiger charge is 2.19. The second-order valence-corrected chi connectivity index (χ2v) is 15.1. The van der Waals surface area contributed by atoms with Gasteiger partial charge in [-0.25, -0.2) is 0 Å². The highest BCUT2D eigenvalue weighted by molar-refractivity contribution is 7.26. The minimum Gasteiger partial charge on any atom is -0.455 e. The number of rotatable bonds is 6. The van der Waals surface area contributed by atoms with Gasteiger partial charge in [0.05, 0.1) is 5.69 Å². The Morgan fingerprint density at radius 3 is 1.73 bits per heavy atom. The lowest BCUT2D eigenvalue weighted by Crippen LogP contribution is -2.11. The van der Waals surface area contributed by atoms with Crippen LogP contribution < -0.4 is 4.90 Å². The zero-order chi connectivity index (χ0) is 36.3. The molecule has 0 aliphatic carbocycles. The molecule has 2 nitrogen and oxygen atoms in total. The van der Waals surface area contributed by atoms with E-state index in [1.807, 2.05) is 11.3 Å². The van der Waals surface area contributed by atoms with Crippen molar-refractivity contribution in [2.75, 3.05) is 4.90 Å². The molecule has 0 amide bonds. The Morgan fingerprint density at radius 1 is 0.382 bits per heavy atom. The summed E-state index contributed by atoms with van der Waals surface area (Å²) in [7, 11) is 0. The number of fused-ring (bicyclic) bond motifs is 7. The quantitative estimate of drug-likeness (QED) is 0.170. The largest absolute Gasteiger partial charge is 0.455 e. The second kappa shape index (κ2) is 12.9. The van der Waals surface area contributed by atoms with Gasteiger partial charge in [-0.15, -0.1) is 11.3 Å². The molecule has 55 heavy (non-hydrogen) atoms. The van der Waals surface area contributed by atoms with Crippen LogP contribution in [-0.2, 0) is 0 Å². The highest BCUT2D eigenvalue weighted by atomic mass is 32.1. The molecule has 258 valence electrons. The molecular weight excluding hydrogens is 687 g/mol. The normalized spacial score (nSPS) is 11.6. The maximum Gasteiger partial charge on any atom is 0.143 e. The molecule has 0 saturated carbocycles.